The van der Waals surface area contributed by atoms with E-state index in [1.807, 2.05) is 13.0 Å². The molecule has 0 spiro atoms. The summed E-state index contributed by atoms with van der Waals surface area (Å²) in [6.07, 6.45) is 0. The Morgan fingerprint density at radius 2 is 2.00 bits per heavy atom. The van der Waals surface area contributed by atoms with E-state index in [-0.39, 0.29) is 11.5 Å². The molecule has 16 heavy (non-hydrogen) atoms. The zero-order valence-corrected chi connectivity index (χ0v) is 10.0. The van der Waals surface area contributed by atoms with E-state index in [9.17, 15) is 9.59 Å². The molecule has 0 saturated heterocycles. The van der Waals surface area contributed by atoms with Gasteiger partial charge in [0, 0.05) is 18.3 Å². The largest absolute Gasteiger partial charge is 0.317 e. The molecule has 0 aliphatic heterocycles. The van der Waals surface area contributed by atoms with Crippen molar-refractivity contribution in [2.24, 2.45) is 7.05 Å². The van der Waals surface area contributed by atoms with E-state index in [1.54, 1.807) is 20.9 Å². The molecule has 0 aliphatic carbocycles. The van der Waals surface area contributed by atoms with Crippen molar-refractivity contribution in [2.45, 2.75) is 20.8 Å². The molecular formula is C12H16N2O2. The third-order valence-electron chi connectivity index (χ3n) is 2.49. The van der Waals surface area contributed by atoms with E-state index in [0.29, 0.717) is 11.3 Å². The third kappa shape index (κ3) is 2.21. The van der Waals surface area contributed by atoms with Crippen LogP contribution in [0.4, 0.5) is 5.69 Å². The Bertz CT molecular complexity index is 512. The molecule has 0 bridgehead atoms. The highest BCUT2D eigenvalue weighted by molar-refractivity contribution is 6.03. The molecule has 86 valence electrons. The maximum atomic E-state index is 11.9. The van der Waals surface area contributed by atoms with Crippen molar-refractivity contribution in [3.05, 3.63) is 39.8 Å². The third-order valence-corrected chi connectivity index (χ3v) is 2.49. The van der Waals surface area contributed by atoms with Crippen LogP contribution in [0.2, 0.25) is 0 Å². The lowest BCUT2D eigenvalue weighted by Crippen LogP contribution is -2.26. The highest BCUT2D eigenvalue weighted by Gasteiger charge is 2.11. The summed E-state index contributed by atoms with van der Waals surface area (Å²) in [5.74, 6) is -0.330. The van der Waals surface area contributed by atoms with Gasteiger partial charge in [-0.3, -0.25) is 9.59 Å². The van der Waals surface area contributed by atoms with E-state index in [4.69, 9.17) is 0 Å². The molecule has 1 aromatic heterocycles. The Morgan fingerprint density at radius 3 is 2.50 bits per heavy atom. The van der Waals surface area contributed by atoms with Gasteiger partial charge in [-0.15, -0.1) is 0 Å². The monoisotopic (exact) mass is 220 g/mol. The van der Waals surface area contributed by atoms with Crippen molar-refractivity contribution >= 4 is 11.6 Å². The first-order valence-electron chi connectivity index (χ1n) is 4.98. The van der Waals surface area contributed by atoms with Crippen LogP contribution in [0.5, 0.6) is 0 Å². The van der Waals surface area contributed by atoms with Crippen molar-refractivity contribution in [3.8, 4) is 0 Å². The van der Waals surface area contributed by atoms with E-state index in [0.717, 1.165) is 11.3 Å². The average molecular weight is 220 g/mol. The number of nitrogens with zero attached hydrogens (tertiary/aromatic N) is 1. The van der Waals surface area contributed by atoms with Crippen LogP contribution in [0.25, 0.3) is 0 Å². The minimum atomic E-state index is -0.330. The topological polar surface area (TPSA) is 51.1 Å². The normalized spacial score (nSPS) is 10.0. The minimum absolute atomic E-state index is 0.202. The minimum Gasteiger partial charge on any atom is -0.317 e. The van der Waals surface area contributed by atoms with Gasteiger partial charge >= 0.3 is 0 Å². The molecule has 1 N–H and O–H groups in total. The predicted molar refractivity (Wildman–Crippen MR) is 64.6 cm³/mol. The SMILES string of the molecule is C=C(C)C(=O)Nc1c(C)cc(C)n(C)c1=O. The number of pyridine rings is 1. The van der Waals surface area contributed by atoms with Gasteiger partial charge in [0.2, 0.25) is 0 Å². The number of hydrogen-bond acceptors (Lipinski definition) is 2. The Balaban J connectivity index is 3.25. The van der Waals surface area contributed by atoms with E-state index >= 15 is 0 Å². The molecule has 0 fully saturated rings. The molecule has 1 heterocycles. The summed E-state index contributed by atoms with van der Waals surface area (Å²) < 4.78 is 1.50. The first-order chi connectivity index (χ1) is 7.34. The van der Waals surface area contributed by atoms with Gasteiger partial charge in [0.25, 0.3) is 11.5 Å². The fourth-order valence-electron chi connectivity index (χ4n) is 1.35. The lowest BCUT2D eigenvalue weighted by atomic mass is 10.2. The van der Waals surface area contributed by atoms with Crippen molar-refractivity contribution in [1.29, 1.82) is 0 Å². The van der Waals surface area contributed by atoms with Gasteiger partial charge in [0.1, 0.15) is 5.69 Å². The molecule has 0 aliphatic rings. The van der Waals surface area contributed by atoms with Crippen molar-refractivity contribution in [1.82, 2.24) is 4.57 Å². The summed E-state index contributed by atoms with van der Waals surface area (Å²) in [6, 6.07) is 1.86. The Morgan fingerprint density at radius 1 is 1.44 bits per heavy atom. The summed E-state index contributed by atoms with van der Waals surface area (Å²) in [5.41, 5.74) is 2.11. The van der Waals surface area contributed by atoms with Crippen LogP contribution in [0.1, 0.15) is 18.2 Å². The zero-order chi connectivity index (χ0) is 12.5. The predicted octanol–water partition coefficient (Wildman–Crippen LogP) is 1.52. The average Bonchev–Trinajstić information content (AvgIpc) is 2.20. The fraction of sp³-hybridized carbons (Fsp3) is 0.333. The van der Waals surface area contributed by atoms with Gasteiger partial charge in [0.05, 0.1) is 0 Å². The number of carbonyl (C=O) groups is 1. The molecule has 1 amide bonds. The molecular weight excluding hydrogens is 204 g/mol. The van der Waals surface area contributed by atoms with Gasteiger partial charge in [0.15, 0.2) is 0 Å². The molecule has 1 aromatic rings. The first-order valence-corrected chi connectivity index (χ1v) is 4.98. The maximum absolute atomic E-state index is 11.9. The molecule has 0 unspecified atom stereocenters. The second-order valence-electron chi connectivity index (χ2n) is 3.94. The number of nitrogens with one attached hydrogen (secondary N) is 1. The number of anilines is 1. The van der Waals surface area contributed by atoms with Gasteiger partial charge in [-0.2, -0.15) is 0 Å². The Hall–Kier alpha value is -1.84. The summed E-state index contributed by atoms with van der Waals surface area (Å²) in [6.45, 7) is 8.77. The number of hydrogen-bond donors (Lipinski definition) is 1. The number of carbonyl (C=O) groups excluding carboxylic acids is 1. The van der Waals surface area contributed by atoms with Crippen LogP contribution in [0, 0.1) is 13.8 Å². The lowest BCUT2D eigenvalue weighted by molar-refractivity contribution is -0.112. The fourth-order valence-corrected chi connectivity index (χ4v) is 1.35. The van der Waals surface area contributed by atoms with Crippen LogP contribution >= 0.6 is 0 Å². The number of aryl methyl sites for hydroxylation is 2. The van der Waals surface area contributed by atoms with E-state index < -0.39 is 0 Å². The van der Waals surface area contributed by atoms with Crippen molar-refractivity contribution < 1.29 is 4.79 Å². The lowest BCUT2D eigenvalue weighted by Gasteiger charge is -2.11. The number of aromatic nitrogens is 1. The summed E-state index contributed by atoms with van der Waals surface area (Å²) in [4.78, 5) is 23.3. The number of amides is 1. The van der Waals surface area contributed by atoms with Gasteiger partial charge in [-0.1, -0.05) is 6.58 Å². The van der Waals surface area contributed by atoms with Crippen molar-refractivity contribution in [3.63, 3.8) is 0 Å². The van der Waals surface area contributed by atoms with Crippen LogP contribution in [-0.2, 0) is 11.8 Å². The standard InChI is InChI=1S/C12H16N2O2/c1-7(2)11(15)13-10-8(3)6-9(4)14(5)12(10)16/h6H,1H2,2-5H3,(H,13,15). The van der Waals surface area contributed by atoms with Gasteiger partial charge in [-0.05, 0) is 32.4 Å². The highest BCUT2D eigenvalue weighted by atomic mass is 16.2. The molecule has 0 atom stereocenters. The second kappa shape index (κ2) is 4.35. The van der Waals surface area contributed by atoms with Crippen LogP contribution < -0.4 is 10.9 Å². The van der Waals surface area contributed by atoms with Crippen LogP contribution in [0.3, 0.4) is 0 Å². The highest BCUT2D eigenvalue weighted by Crippen LogP contribution is 2.11. The summed E-state index contributed by atoms with van der Waals surface area (Å²) >= 11 is 0. The van der Waals surface area contributed by atoms with Crippen LogP contribution in [0.15, 0.2) is 23.0 Å². The number of rotatable bonds is 2. The smallest absolute Gasteiger partial charge is 0.274 e. The molecule has 0 aromatic carbocycles. The molecule has 0 saturated carbocycles. The summed E-state index contributed by atoms with van der Waals surface area (Å²) in [5, 5.41) is 2.57. The van der Waals surface area contributed by atoms with Crippen LogP contribution in [-0.4, -0.2) is 10.5 Å². The van der Waals surface area contributed by atoms with E-state index in [1.165, 1.54) is 4.57 Å². The molecule has 0 radical (unpaired) electrons. The Kier molecular flexibility index (Phi) is 3.32. The van der Waals surface area contributed by atoms with Crippen molar-refractivity contribution in [2.75, 3.05) is 5.32 Å². The summed E-state index contributed by atoms with van der Waals surface area (Å²) in [7, 11) is 1.67. The first kappa shape index (κ1) is 12.2. The van der Waals surface area contributed by atoms with Gasteiger partial charge in [-0.25, -0.2) is 0 Å². The molecule has 1 rings (SSSR count). The van der Waals surface area contributed by atoms with E-state index in [2.05, 4.69) is 11.9 Å². The molecule has 4 heteroatoms. The Labute approximate surface area is 94.6 Å². The quantitative estimate of drug-likeness (QED) is 0.768. The van der Waals surface area contributed by atoms with Gasteiger partial charge < -0.3 is 9.88 Å². The second-order valence-corrected chi connectivity index (χ2v) is 3.94. The maximum Gasteiger partial charge on any atom is 0.274 e. The molecule has 4 nitrogen and oxygen atoms in total. The zero-order valence-electron chi connectivity index (χ0n) is 10.0.